The molecular formula is C58H36N4O. The summed E-state index contributed by atoms with van der Waals surface area (Å²) in [7, 11) is 0. The van der Waals surface area contributed by atoms with Gasteiger partial charge in [0.15, 0.2) is 5.82 Å². The summed E-state index contributed by atoms with van der Waals surface area (Å²) in [6.45, 7) is 0. The SMILES string of the molecule is c1ccc(-c2nc(-c3cc(-n4c5ccccc5c5ccccc54)cc(-n4c5ccccc5c5ccccc54)c3)cc(-c3ccccc3-c3cccc4c3oc3ccccc34)n2)cc1. The van der Waals surface area contributed by atoms with Gasteiger partial charge in [0.25, 0.3) is 0 Å². The quantitative estimate of drug-likeness (QED) is 0.168. The van der Waals surface area contributed by atoms with Crippen LogP contribution in [0.15, 0.2) is 223 Å². The number of aromatic nitrogens is 4. The second-order valence-electron chi connectivity index (χ2n) is 16.1. The molecule has 13 rings (SSSR count). The Morgan fingerprint density at radius 2 is 0.778 bits per heavy atom. The number of rotatable bonds is 6. The fourth-order valence-electron chi connectivity index (χ4n) is 9.75. The molecule has 0 bridgehead atoms. The summed E-state index contributed by atoms with van der Waals surface area (Å²) in [6, 6.07) is 77.3. The van der Waals surface area contributed by atoms with Gasteiger partial charge >= 0.3 is 0 Å². The van der Waals surface area contributed by atoms with Crippen molar-refractivity contribution in [3.05, 3.63) is 218 Å². The molecule has 0 aliphatic heterocycles. The third-order valence-corrected chi connectivity index (χ3v) is 12.5. The van der Waals surface area contributed by atoms with E-state index in [2.05, 4.69) is 197 Å². The molecule has 0 saturated heterocycles. The van der Waals surface area contributed by atoms with E-state index in [4.69, 9.17) is 14.4 Å². The lowest BCUT2D eigenvalue weighted by molar-refractivity contribution is 0.670. The molecule has 9 aromatic carbocycles. The Morgan fingerprint density at radius 3 is 1.38 bits per heavy atom. The Kier molecular flexibility index (Phi) is 7.84. The van der Waals surface area contributed by atoms with Gasteiger partial charge in [0.2, 0.25) is 0 Å². The van der Waals surface area contributed by atoms with E-state index in [9.17, 15) is 0 Å². The maximum Gasteiger partial charge on any atom is 0.160 e. The number of benzene rings is 9. The number of para-hydroxylation sites is 6. The minimum absolute atomic E-state index is 0.653. The van der Waals surface area contributed by atoms with Crippen LogP contribution in [0, 0.1) is 0 Å². The number of furan rings is 1. The van der Waals surface area contributed by atoms with Gasteiger partial charge in [-0.15, -0.1) is 0 Å². The van der Waals surface area contributed by atoms with Gasteiger partial charge in [0.1, 0.15) is 11.2 Å². The largest absolute Gasteiger partial charge is 0.455 e. The van der Waals surface area contributed by atoms with Crippen LogP contribution in [0.25, 0.3) is 122 Å². The van der Waals surface area contributed by atoms with Gasteiger partial charge in [-0.25, -0.2) is 9.97 Å². The van der Waals surface area contributed by atoms with E-state index in [1.165, 1.54) is 21.5 Å². The van der Waals surface area contributed by atoms with Gasteiger partial charge in [-0.2, -0.15) is 0 Å². The van der Waals surface area contributed by atoms with Crippen molar-refractivity contribution in [2.24, 2.45) is 0 Å². The van der Waals surface area contributed by atoms with Crippen molar-refractivity contribution in [3.63, 3.8) is 0 Å². The van der Waals surface area contributed by atoms with Crippen LogP contribution in [0.5, 0.6) is 0 Å². The number of hydrogen-bond acceptors (Lipinski definition) is 3. The van der Waals surface area contributed by atoms with Crippen molar-refractivity contribution >= 4 is 65.6 Å². The zero-order valence-corrected chi connectivity index (χ0v) is 34.0. The number of fused-ring (bicyclic) bond motifs is 9. The maximum atomic E-state index is 6.60. The second kappa shape index (κ2) is 14.0. The van der Waals surface area contributed by atoms with Gasteiger partial charge in [-0.1, -0.05) is 164 Å². The molecule has 294 valence electrons. The highest BCUT2D eigenvalue weighted by Gasteiger charge is 2.21. The molecule has 0 atom stereocenters. The topological polar surface area (TPSA) is 48.8 Å². The van der Waals surface area contributed by atoms with E-state index in [-0.39, 0.29) is 0 Å². The predicted octanol–water partition coefficient (Wildman–Crippen LogP) is 15.2. The molecule has 0 spiro atoms. The lowest BCUT2D eigenvalue weighted by Crippen LogP contribution is -2.02. The fraction of sp³-hybridized carbons (Fsp3) is 0. The van der Waals surface area contributed by atoms with Crippen molar-refractivity contribution in [2.45, 2.75) is 0 Å². The van der Waals surface area contributed by atoms with Gasteiger partial charge in [-0.3, -0.25) is 0 Å². The average Bonchev–Trinajstić information content (AvgIpc) is 4.02. The second-order valence-corrected chi connectivity index (χ2v) is 16.1. The molecule has 0 unspecified atom stereocenters. The fourth-order valence-corrected chi connectivity index (χ4v) is 9.75. The molecule has 0 radical (unpaired) electrons. The highest BCUT2D eigenvalue weighted by atomic mass is 16.3. The standard InChI is InChI=1S/C58H36N4O/c1-2-17-37(18-3-1)58-59-50(36-51(60-58)42-20-5-4-19-41(42)48-26-16-27-49-47-25-10-15-32-56(47)63-57(48)49)38-33-39(61-52-28-11-6-21-43(52)44-22-7-12-29-53(44)61)35-40(34-38)62-54-30-13-8-23-45(54)46-24-9-14-31-55(46)62/h1-36H. The number of nitrogens with zero attached hydrogens (tertiary/aromatic N) is 4. The molecule has 63 heavy (non-hydrogen) atoms. The normalized spacial score (nSPS) is 11.8. The molecule has 4 heterocycles. The summed E-state index contributed by atoms with van der Waals surface area (Å²) < 4.78 is 11.4. The first-order chi connectivity index (χ1) is 31.2. The van der Waals surface area contributed by atoms with Gasteiger partial charge in [-0.05, 0) is 60.2 Å². The summed E-state index contributed by atoms with van der Waals surface area (Å²) in [5, 5.41) is 7.04. The monoisotopic (exact) mass is 804 g/mol. The molecule has 4 aromatic heterocycles. The minimum Gasteiger partial charge on any atom is -0.455 e. The minimum atomic E-state index is 0.653. The van der Waals surface area contributed by atoms with E-state index in [1.807, 2.05) is 30.3 Å². The van der Waals surface area contributed by atoms with E-state index >= 15 is 0 Å². The van der Waals surface area contributed by atoms with E-state index in [0.29, 0.717) is 5.82 Å². The maximum absolute atomic E-state index is 6.60. The van der Waals surface area contributed by atoms with Crippen molar-refractivity contribution in [2.75, 3.05) is 0 Å². The van der Waals surface area contributed by atoms with E-state index in [1.54, 1.807) is 0 Å². The van der Waals surface area contributed by atoms with Crippen LogP contribution in [0.4, 0.5) is 0 Å². The lowest BCUT2D eigenvalue weighted by Gasteiger charge is -2.17. The highest BCUT2D eigenvalue weighted by molar-refractivity contribution is 6.12. The Hall–Kier alpha value is -8.54. The molecule has 5 heteroatoms. The molecule has 0 amide bonds. The first-order valence-corrected chi connectivity index (χ1v) is 21.3. The van der Waals surface area contributed by atoms with Crippen LogP contribution in [0.3, 0.4) is 0 Å². The average molecular weight is 805 g/mol. The lowest BCUT2D eigenvalue weighted by atomic mass is 9.95. The summed E-state index contributed by atoms with van der Waals surface area (Å²) >= 11 is 0. The van der Waals surface area contributed by atoms with Crippen LogP contribution in [0.1, 0.15) is 0 Å². The van der Waals surface area contributed by atoms with Gasteiger partial charge < -0.3 is 13.6 Å². The molecule has 0 aliphatic rings. The Balaban J connectivity index is 1.10. The van der Waals surface area contributed by atoms with Crippen molar-refractivity contribution < 1.29 is 4.42 Å². The predicted molar refractivity (Wildman–Crippen MR) is 260 cm³/mol. The van der Waals surface area contributed by atoms with E-state index < -0.39 is 0 Å². The molecular weight excluding hydrogens is 769 g/mol. The van der Waals surface area contributed by atoms with Crippen molar-refractivity contribution in [1.29, 1.82) is 0 Å². The van der Waals surface area contributed by atoms with Crippen LogP contribution in [-0.4, -0.2) is 19.1 Å². The first kappa shape index (κ1) is 35.2. The molecule has 0 N–H and O–H groups in total. The first-order valence-electron chi connectivity index (χ1n) is 21.3. The third-order valence-electron chi connectivity index (χ3n) is 12.5. The van der Waals surface area contributed by atoms with Crippen LogP contribution >= 0.6 is 0 Å². The molecule has 5 nitrogen and oxygen atoms in total. The zero-order valence-electron chi connectivity index (χ0n) is 34.0. The van der Waals surface area contributed by atoms with Crippen molar-refractivity contribution in [1.82, 2.24) is 19.1 Å². The smallest absolute Gasteiger partial charge is 0.160 e. The van der Waals surface area contributed by atoms with Crippen LogP contribution in [-0.2, 0) is 0 Å². The molecule has 13 aromatic rings. The van der Waals surface area contributed by atoms with Crippen LogP contribution < -0.4 is 0 Å². The molecule has 0 aliphatic carbocycles. The Morgan fingerprint density at radius 1 is 0.317 bits per heavy atom. The zero-order chi connectivity index (χ0) is 41.4. The summed E-state index contributed by atoms with van der Waals surface area (Å²) in [4.78, 5) is 10.8. The molecule has 0 saturated carbocycles. The third kappa shape index (κ3) is 5.57. The van der Waals surface area contributed by atoms with Crippen molar-refractivity contribution in [3.8, 4) is 56.4 Å². The Labute approximate surface area is 362 Å². The number of hydrogen-bond donors (Lipinski definition) is 0. The summed E-state index contributed by atoms with van der Waals surface area (Å²) in [5.41, 5.74) is 15.0. The van der Waals surface area contributed by atoms with Gasteiger partial charge in [0.05, 0.1) is 33.5 Å². The summed E-state index contributed by atoms with van der Waals surface area (Å²) in [6.07, 6.45) is 0. The van der Waals surface area contributed by atoms with Crippen LogP contribution in [0.2, 0.25) is 0 Å². The molecule has 0 fully saturated rings. The van der Waals surface area contributed by atoms with E-state index in [0.717, 1.165) is 94.6 Å². The Bertz CT molecular complexity index is 3690. The van der Waals surface area contributed by atoms with Gasteiger partial charge in [0, 0.05) is 65.9 Å². The summed E-state index contributed by atoms with van der Waals surface area (Å²) in [5.74, 6) is 0.653. The highest BCUT2D eigenvalue weighted by Crippen LogP contribution is 2.42.